The Balaban J connectivity index is 2.85. The van der Waals surface area contributed by atoms with Gasteiger partial charge >= 0.3 is 0 Å². The number of nitrogens with zero attached hydrogens (tertiary/aromatic N) is 1. The number of hydrogen-bond donors (Lipinski definition) is 2. The number of anilines is 1. The number of rotatable bonds is 8. The van der Waals surface area contributed by atoms with Gasteiger partial charge in [-0.1, -0.05) is 20.8 Å². The van der Waals surface area contributed by atoms with E-state index in [0.29, 0.717) is 17.9 Å². The van der Waals surface area contributed by atoms with Gasteiger partial charge in [0.25, 0.3) is 5.91 Å². The Morgan fingerprint density at radius 3 is 2.62 bits per heavy atom. The Morgan fingerprint density at radius 1 is 1.33 bits per heavy atom. The molecule has 0 saturated heterocycles. The number of nitrogens with one attached hydrogen (secondary N) is 2. The fourth-order valence-electron chi connectivity index (χ4n) is 1.73. The Kier molecular flexibility index (Phi) is 7.36. The molecule has 118 valence electrons. The zero-order valence-corrected chi connectivity index (χ0v) is 14.0. The Hall–Kier alpha value is -1.43. The van der Waals surface area contributed by atoms with Gasteiger partial charge in [0.1, 0.15) is 5.82 Å². The van der Waals surface area contributed by atoms with Gasteiger partial charge in [-0.2, -0.15) is 0 Å². The van der Waals surface area contributed by atoms with Crippen LogP contribution in [0.2, 0.25) is 0 Å². The summed E-state index contributed by atoms with van der Waals surface area (Å²) in [5.41, 5.74) is 1.48. The van der Waals surface area contributed by atoms with Crippen LogP contribution in [0.5, 0.6) is 0 Å². The largest absolute Gasteiger partial charge is 0.370 e. The molecule has 2 N–H and O–H groups in total. The second-order valence-electron chi connectivity index (χ2n) is 5.28. The van der Waals surface area contributed by atoms with Crippen molar-refractivity contribution in [3.05, 3.63) is 23.4 Å². The summed E-state index contributed by atoms with van der Waals surface area (Å²) in [6, 6.07) is 3.58. The first-order valence-electron chi connectivity index (χ1n) is 7.28. The predicted octanol–water partition coefficient (Wildman–Crippen LogP) is 2.14. The Labute approximate surface area is 129 Å². The number of carbonyl (C=O) groups excluding carboxylic acids is 1. The van der Waals surface area contributed by atoms with Gasteiger partial charge in [-0.3, -0.25) is 9.00 Å². The van der Waals surface area contributed by atoms with Crippen LogP contribution in [-0.2, 0) is 10.8 Å². The summed E-state index contributed by atoms with van der Waals surface area (Å²) in [6.07, 6.45) is 2.62. The van der Waals surface area contributed by atoms with Crippen molar-refractivity contribution in [2.45, 2.75) is 33.1 Å². The molecule has 1 amide bonds. The molecular formula is C15H25N3O2S. The molecular weight excluding hydrogens is 286 g/mol. The molecule has 0 aromatic carbocycles. The lowest BCUT2D eigenvalue weighted by Gasteiger charge is -2.12. The highest BCUT2D eigenvalue weighted by molar-refractivity contribution is 7.84. The van der Waals surface area contributed by atoms with Gasteiger partial charge in [-0.05, 0) is 24.5 Å². The number of hydrogen-bond acceptors (Lipinski definition) is 4. The highest BCUT2D eigenvalue weighted by Gasteiger charge is 2.11. The van der Waals surface area contributed by atoms with Crippen LogP contribution in [0, 0.1) is 0 Å². The van der Waals surface area contributed by atoms with E-state index in [9.17, 15) is 9.00 Å². The van der Waals surface area contributed by atoms with Gasteiger partial charge in [0.05, 0.1) is 0 Å². The molecule has 0 aliphatic carbocycles. The van der Waals surface area contributed by atoms with Crippen LogP contribution in [-0.4, -0.2) is 40.2 Å². The van der Waals surface area contributed by atoms with E-state index in [1.165, 1.54) is 0 Å². The number of carbonyl (C=O) groups is 1. The SMILES string of the molecule is CCCNc1cc(C(=O)NCCS(C)=O)cc(C(C)C)n1. The van der Waals surface area contributed by atoms with Gasteiger partial charge < -0.3 is 10.6 Å². The molecule has 0 aliphatic heterocycles. The summed E-state index contributed by atoms with van der Waals surface area (Å²) in [5, 5.41) is 6.01. The van der Waals surface area contributed by atoms with Crippen molar-refractivity contribution in [1.29, 1.82) is 0 Å². The molecule has 0 bridgehead atoms. The molecule has 21 heavy (non-hydrogen) atoms. The van der Waals surface area contributed by atoms with E-state index < -0.39 is 10.8 Å². The van der Waals surface area contributed by atoms with Crippen LogP contribution in [0.15, 0.2) is 12.1 Å². The van der Waals surface area contributed by atoms with Crippen molar-refractivity contribution in [2.75, 3.05) is 30.4 Å². The predicted molar refractivity (Wildman–Crippen MR) is 88.4 cm³/mol. The smallest absolute Gasteiger partial charge is 0.251 e. The summed E-state index contributed by atoms with van der Waals surface area (Å²) in [4.78, 5) is 16.7. The molecule has 1 aromatic heterocycles. The summed E-state index contributed by atoms with van der Waals surface area (Å²) < 4.78 is 11.0. The third-order valence-corrected chi connectivity index (χ3v) is 3.71. The van der Waals surface area contributed by atoms with Crippen molar-refractivity contribution < 1.29 is 9.00 Å². The van der Waals surface area contributed by atoms with E-state index in [2.05, 4.69) is 22.5 Å². The standard InChI is InChI=1S/C15H25N3O2S/c1-5-6-16-14-10-12(9-13(18-14)11(2)3)15(19)17-7-8-21(4)20/h9-11H,5-8H2,1-4H3,(H,16,18)(H,17,19). The maximum Gasteiger partial charge on any atom is 0.251 e. The molecule has 1 aromatic rings. The average molecular weight is 311 g/mol. The fraction of sp³-hybridized carbons (Fsp3) is 0.600. The molecule has 1 heterocycles. The number of amides is 1. The van der Waals surface area contributed by atoms with E-state index >= 15 is 0 Å². The molecule has 1 unspecified atom stereocenters. The molecule has 0 aliphatic rings. The summed E-state index contributed by atoms with van der Waals surface area (Å²) in [7, 11) is -0.898. The molecule has 6 heteroatoms. The van der Waals surface area contributed by atoms with Crippen molar-refractivity contribution in [3.63, 3.8) is 0 Å². The van der Waals surface area contributed by atoms with Gasteiger partial charge in [0, 0.05) is 47.2 Å². The number of pyridine rings is 1. The van der Waals surface area contributed by atoms with E-state index in [-0.39, 0.29) is 11.8 Å². The summed E-state index contributed by atoms with van der Waals surface area (Å²) in [6.45, 7) is 7.42. The van der Waals surface area contributed by atoms with Crippen LogP contribution in [0.4, 0.5) is 5.82 Å². The van der Waals surface area contributed by atoms with Crippen LogP contribution in [0.1, 0.15) is 49.2 Å². The highest BCUT2D eigenvalue weighted by Crippen LogP contribution is 2.17. The van der Waals surface area contributed by atoms with E-state index in [1.54, 1.807) is 12.3 Å². The average Bonchev–Trinajstić information content (AvgIpc) is 2.44. The maximum atomic E-state index is 12.2. The second-order valence-corrected chi connectivity index (χ2v) is 6.84. The second kappa shape index (κ2) is 8.77. The molecule has 0 spiro atoms. The van der Waals surface area contributed by atoms with Crippen LogP contribution < -0.4 is 10.6 Å². The van der Waals surface area contributed by atoms with Crippen LogP contribution in [0.25, 0.3) is 0 Å². The van der Waals surface area contributed by atoms with Crippen molar-refractivity contribution >= 4 is 22.5 Å². The van der Waals surface area contributed by atoms with Crippen molar-refractivity contribution in [1.82, 2.24) is 10.3 Å². The monoisotopic (exact) mass is 311 g/mol. The zero-order chi connectivity index (χ0) is 15.8. The quantitative estimate of drug-likeness (QED) is 0.771. The summed E-state index contributed by atoms with van der Waals surface area (Å²) >= 11 is 0. The summed E-state index contributed by atoms with van der Waals surface area (Å²) in [5.74, 6) is 1.30. The topological polar surface area (TPSA) is 71.1 Å². The van der Waals surface area contributed by atoms with E-state index in [0.717, 1.165) is 24.5 Å². The van der Waals surface area contributed by atoms with Gasteiger partial charge in [0.15, 0.2) is 0 Å². The Bertz CT molecular complexity index is 504. The normalized spacial score (nSPS) is 12.2. The lowest BCUT2D eigenvalue weighted by molar-refractivity contribution is 0.0956. The van der Waals surface area contributed by atoms with Gasteiger partial charge in [-0.25, -0.2) is 4.98 Å². The first kappa shape index (κ1) is 17.6. The molecule has 0 saturated carbocycles. The minimum atomic E-state index is -0.898. The molecule has 0 radical (unpaired) electrons. The molecule has 1 atom stereocenters. The van der Waals surface area contributed by atoms with Crippen molar-refractivity contribution in [3.8, 4) is 0 Å². The lowest BCUT2D eigenvalue weighted by Crippen LogP contribution is -2.28. The first-order chi connectivity index (χ1) is 9.93. The van der Waals surface area contributed by atoms with Gasteiger partial charge in [0.2, 0.25) is 0 Å². The van der Waals surface area contributed by atoms with E-state index in [1.807, 2.05) is 19.9 Å². The molecule has 0 fully saturated rings. The number of aromatic nitrogens is 1. The van der Waals surface area contributed by atoms with Crippen molar-refractivity contribution in [2.24, 2.45) is 0 Å². The third-order valence-electron chi connectivity index (χ3n) is 2.93. The molecule has 1 rings (SSSR count). The maximum absolute atomic E-state index is 12.2. The van der Waals surface area contributed by atoms with Crippen LogP contribution >= 0.6 is 0 Å². The van der Waals surface area contributed by atoms with E-state index in [4.69, 9.17) is 0 Å². The fourth-order valence-corrected chi connectivity index (χ4v) is 2.12. The first-order valence-corrected chi connectivity index (χ1v) is 9.00. The van der Waals surface area contributed by atoms with Gasteiger partial charge in [-0.15, -0.1) is 0 Å². The third kappa shape index (κ3) is 6.25. The highest BCUT2D eigenvalue weighted by atomic mass is 32.2. The Morgan fingerprint density at radius 2 is 2.05 bits per heavy atom. The minimum Gasteiger partial charge on any atom is -0.370 e. The van der Waals surface area contributed by atoms with Crippen LogP contribution in [0.3, 0.4) is 0 Å². The minimum absolute atomic E-state index is 0.149. The zero-order valence-electron chi connectivity index (χ0n) is 13.2. The molecule has 5 nitrogen and oxygen atoms in total. The lowest BCUT2D eigenvalue weighted by atomic mass is 10.1.